The van der Waals surface area contributed by atoms with Gasteiger partial charge in [0.2, 0.25) is 0 Å². The van der Waals surface area contributed by atoms with Crippen LogP contribution in [0.4, 0.5) is 0 Å². The van der Waals surface area contributed by atoms with Crippen molar-refractivity contribution in [3.8, 4) is 0 Å². The molecule has 0 aromatic carbocycles. The van der Waals surface area contributed by atoms with Crippen molar-refractivity contribution >= 4 is 0 Å². The van der Waals surface area contributed by atoms with Gasteiger partial charge in [0.1, 0.15) is 18.1 Å². The number of hydrogen-bond acceptors (Lipinski definition) is 4. The smallest absolute Gasteiger partial charge is 0.129 e. The molecule has 0 bridgehead atoms. The number of rotatable bonds is 7. The molecule has 0 spiro atoms. The molecule has 1 heterocycles. The molecule has 0 atom stereocenters. The highest BCUT2D eigenvalue weighted by atomic mass is 16.5. The molecule has 0 amide bonds. The molecule has 14 heavy (non-hydrogen) atoms. The molecular formula is C10H17NO3. The van der Waals surface area contributed by atoms with Gasteiger partial charge in [0.25, 0.3) is 0 Å². The molecule has 0 aliphatic rings. The van der Waals surface area contributed by atoms with E-state index in [1.807, 2.05) is 6.07 Å². The van der Waals surface area contributed by atoms with Crippen molar-refractivity contribution in [3.05, 3.63) is 23.7 Å². The molecule has 0 aliphatic heterocycles. The highest BCUT2D eigenvalue weighted by molar-refractivity contribution is 5.05. The van der Waals surface area contributed by atoms with E-state index in [1.165, 1.54) is 0 Å². The van der Waals surface area contributed by atoms with Crippen LogP contribution in [0.5, 0.6) is 0 Å². The van der Waals surface area contributed by atoms with E-state index in [0.717, 1.165) is 25.3 Å². The zero-order chi connectivity index (χ0) is 10.2. The largest absolute Gasteiger partial charge is 0.462 e. The third kappa shape index (κ3) is 3.91. The second kappa shape index (κ2) is 6.59. The van der Waals surface area contributed by atoms with Gasteiger partial charge in [0, 0.05) is 13.7 Å². The Morgan fingerprint density at radius 3 is 2.86 bits per heavy atom. The topological polar surface area (TPSA) is 54.6 Å². The van der Waals surface area contributed by atoms with Crippen LogP contribution in [0.2, 0.25) is 0 Å². The summed E-state index contributed by atoms with van der Waals surface area (Å²) in [6.45, 7) is 2.34. The fourth-order valence-electron chi connectivity index (χ4n) is 1.16. The minimum Gasteiger partial charge on any atom is -0.462 e. The first-order chi connectivity index (χ1) is 6.86. The zero-order valence-corrected chi connectivity index (χ0v) is 8.45. The van der Waals surface area contributed by atoms with Crippen LogP contribution in [0.1, 0.15) is 17.9 Å². The summed E-state index contributed by atoms with van der Waals surface area (Å²) in [5.74, 6) is 1.46. The first-order valence-corrected chi connectivity index (χ1v) is 4.75. The van der Waals surface area contributed by atoms with Crippen molar-refractivity contribution in [1.29, 1.82) is 0 Å². The minimum atomic E-state index is -0.0380. The van der Waals surface area contributed by atoms with Gasteiger partial charge in [0.15, 0.2) is 0 Å². The van der Waals surface area contributed by atoms with E-state index in [4.69, 9.17) is 14.3 Å². The van der Waals surface area contributed by atoms with E-state index in [2.05, 4.69) is 5.32 Å². The Bertz CT molecular complexity index is 247. The van der Waals surface area contributed by atoms with E-state index in [-0.39, 0.29) is 6.61 Å². The molecular weight excluding hydrogens is 182 g/mol. The van der Waals surface area contributed by atoms with Crippen LogP contribution in [-0.4, -0.2) is 25.4 Å². The second-order valence-corrected chi connectivity index (χ2v) is 3.05. The van der Waals surface area contributed by atoms with Gasteiger partial charge < -0.3 is 19.6 Å². The monoisotopic (exact) mass is 199 g/mol. The molecule has 1 rings (SSSR count). The molecule has 2 N–H and O–H groups in total. The number of ether oxygens (including phenoxy) is 1. The number of methoxy groups -OCH3 is 1. The fraction of sp³-hybridized carbons (Fsp3) is 0.600. The van der Waals surface area contributed by atoms with Crippen molar-refractivity contribution in [2.45, 2.75) is 19.6 Å². The fourth-order valence-corrected chi connectivity index (χ4v) is 1.16. The normalized spacial score (nSPS) is 10.7. The maximum absolute atomic E-state index is 8.76. The summed E-state index contributed by atoms with van der Waals surface area (Å²) in [4.78, 5) is 0. The van der Waals surface area contributed by atoms with Gasteiger partial charge in [-0.2, -0.15) is 0 Å². The predicted molar refractivity (Wildman–Crippen MR) is 52.8 cm³/mol. The summed E-state index contributed by atoms with van der Waals surface area (Å²) in [5, 5.41) is 12.0. The second-order valence-electron chi connectivity index (χ2n) is 3.05. The number of hydrogen-bond donors (Lipinski definition) is 2. The van der Waals surface area contributed by atoms with Crippen LogP contribution in [0, 0.1) is 0 Å². The summed E-state index contributed by atoms with van der Waals surface area (Å²) in [5.41, 5.74) is 0. The molecule has 0 fully saturated rings. The molecule has 4 nitrogen and oxygen atoms in total. The zero-order valence-electron chi connectivity index (χ0n) is 8.45. The number of aliphatic hydroxyl groups excluding tert-OH is 1. The van der Waals surface area contributed by atoms with Crippen molar-refractivity contribution < 1.29 is 14.3 Å². The SMILES string of the molecule is COCCCNCc1ccc(CO)o1. The van der Waals surface area contributed by atoms with Crippen LogP contribution < -0.4 is 5.32 Å². The van der Waals surface area contributed by atoms with Crippen molar-refractivity contribution in [2.75, 3.05) is 20.3 Å². The van der Waals surface area contributed by atoms with Crippen LogP contribution in [-0.2, 0) is 17.9 Å². The van der Waals surface area contributed by atoms with Crippen LogP contribution in [0.15, 0.2) is 16.5 Å². The summed E-state index contributed by atoms with van der Waals surface area (Å²) in [7, 11) is 1.69. The van der Waals surface area contributed by atoms with Crippen molar-refractivity contribution in [2.24, 2.45) is 0 Å². The average molecular weight is 199 g/mol. The molecule has 80 valence electrons. The standard InChI is InChI=1S/C10H17NO3/c1-13-6-2-5-11-7-9-3-4-10(8-12)14-9/h3-4,11-12H,2,5-8H2,1H3. The maximum atomic E-state index is 8.76. The molecule has 1 aromatic rings. The molecule has 0 saturated carbocycles. The van der Waals surface area contributed by atoms with Crippen LogP contribution in [0.25, 0.3) is 0 Å². The average Bonchev–Trinajstić information content (AvgIpc) is 2.65. The molecule has 4 heteroatoms. The Morgan fingerprint density at radius 1 is 1.43 bits per heavy atom. The Labute approximate surface area is 83.9 Å². The van der Waals surface area contributed by atoms with Crippen LogP contribution >= 0.6 is 0 Å². The van der Waals surface area contributed by atoms with Gasteiger partial charge in [-0.3, -0.25) is 0 Å². The van der Waals surface area contributed by atoms with Gasteiger partial charge in [-0.25, -0.2) is 0 Å². The van der Waals surface area contributed by atoms with Crippen molar-refractivity contribution in [3.63, 3.8) is 0 Å². The third-order valence-electron chi connectivity index (χ3n) is 1.87. The summed E-state index contributed by atoms with van der Waals surface area (Å²) in [6.07, 6.45) is 0.990. The van der Waals surface area contributed by atoms with Crippen LogP contribution in [0.3, 0.4) is 0 Å². The first kappa shape index (κ1) is 11.2. The Balaban J connectivity index is 2.12. The molecule has 0 unspecified atom stereocenters. The summed E-state index contributed by atoms with van der Waals surface area (Å²) in [6, 6.07) is 3.65. The Morgan fingerprint density at radius 2 is 2.21 bits per heavy atom. The van der Waals surface area contributed by atoms with E-state index in [1.54, 1.807) is 13.2 Å². The number of aliphatic hydroxyl groups is 1. The molecule has 0 aliphatic carbocycles. The van der Waals surface area contributed by atoms with E-state index in [0.29, 0.717) is 12.3 Å². The lowest BCUT2D eigenvalue weighted by atomic mass is 10.4. The lowest BCUT2D eigenvalue weighted by molar-refractivity contribution is 0.194. The molecule has 1 aromatic heterocycles. The summed E-state index contributed by atoms with van der Waals surface area (Å²) >= 11 is 0. The molecule has 0 radical (unpaired) electrons. The maximum Gasteiger partial charge on any atom is 0.129 e. The lowest BCUT2D eigenvalue weighted by Gasteiger charge is -2.01. The van der Waals surface area contributed by atoms with E-state index in [9.17, 15) is 0 Å². The van der Waals surface area contributed by atoms with Gasteiger partial charge in [0.05, 0.1) is 6.54 Å². The Hall–Kier alpha value is -0.840. The first-order valence-electron chi connectivity index (χ1n) is 4.75. The van der Waals surface area contributed by atoms with Gasteiger partial charge >= 0.3 is 0 Å². The number of furan rings is 1. The number of nitrogens with one attached hydrogen (secondary N) is 1. The van der Waals surface area contributed by atoms with Gasteiger partial charge in [-0.1, -0.05) is 0 Å². The van der Waals surface area contributed by atoms with Gasteiger partial charge in [-0.05, 0) is 25.1 Å². The van der Waals surface area contributed by atoms with Crippen molar-refractivity contribution in [1.82, 2.24) is 5.32 Å². The highest BCUT2D eigenvalue weighted by Crippen LogP contribution is 2.06. The highest BCUT2D eigenvalue weighted by Gasteiger charge is 1.99. The summed E-state index contributed by atoms with van der Waals surface area (Å²) < 4.78 is 10.2. The van der Waals surface area contributed by atoms with E-state index < -0.39 is 0 Å². The van der Waals surface area contributed by atoms with E-state index >= 15 is 0 Å². The molecule has 0 saturated heterocycles. The van der Waals surface area contributed by atoms with Gasteiger partial charge in [-0.15, -0.1) is 0 Å². The minimum absolute atomic E-state index is 0.0380. The quantitative estimate of drug-likeness (QED) is 0.640. The Kier molecular flexibility index (Phi) is 5.29. The third-order valence-corrected chi connectivity index (χ3v) is 1.87. The predicted octanol–water partition coefficient (Wildman–Crippen LogP) is 0.898. The lowest BCUT2D eigenvalue weighted by Crippen LogP contribution is -2.15.